The van der Waals surface area contributed by atoms with Gasteiger partial charge in [0.1, 0.15) is 0 Å². The fraction of sp³-hybridized carbons (Fsp3) is 0.118. The molecule has 86 valence electrons. The van der Waals surface area contributed by atoms with Gasteiger partial charge in [0, 0.05) is 18.3 Å². The zero-order valence-electron chi connectivity index (χ0n) is 10.0. The third kappa shape index (κ3) is 1.31. The Labute approximate surface area is 107 Å². The summed E-state index contributed by atoms with van der Waals surface area (Å²) in [6.45, 7) is 0. The lowest BCUT2D eigenvalue weighted by atomic mass is 9.78. The number of hydrogen-bond donors (Lipinski definition) is 0. The van der Waals surface area contributed by atoms with Gasteiger partial charge in [-0.25, -0.2) is 0 Å². The molecule has 3 aliphatic rings. The van der Waals surface area contributed by atoms with Crippen LogP contribution in [0.1, 0.15) is 12.0 Å². The largest absolute Gasteiger partial charge is 0.264 e. The van der Waals surface area contributed by atoms with Crippen LogP contribution in [0.15, 0.2) is 77.7 Å². The number of nitrogens with zero attached hydrogens (tertiary/aromatic N) is 1. The highest BCUT2D eigenvalue weighted by Gasteiger charge is 2.30. The molecule has 1 heteroatoms. The van der Waals surface area contributed by atoms with E-state index in [1.54, 1.807) is 0 Å². The Morgan fingerprint density at radius 2 is 2.11 bits per heavy atom. The molecule has 0 bridgehead atoms. The molecule has 0 aliphatic heterocycles. The summed E-state index contributed by atoms with van der Waals surface area (Å²) >= 11 is 0. The third-order valence-corrected chi connectivity index (χ3v) is 3.91. The lowest BCUT2D eigenvalue weighted by Crippen LogP contribution is -2.11. The van der Waals surface area contributed by atoms with Crippen molar-refractivity contribution < 1.29 is 0 Å². The fourth-order valence-electron chi connectivity index (χ4n) is 3.10. The van der Waals surface area contributed by atoms with Crippen LogP contribution in [0.5, 0.6) is 0 Å². The maximum absolute atomic E-state index is 4.23. The first-order valence-electron chi connectivity index (χ1n) is 6.33. The van der Waals surface area contributed by atoms with Crippen molar-refractivity contribution in [3.8, 4) is 0 Å². The van der Waals surface area contributed by atoms with E-state index in [4.69, 9.17) is 0 Å². The molecule has 1 heterocycles. The summed E-state index contributed by atoms with van der Waals surface area (Å²) in [5, 5.41) is 0. The molecule has 0 N–H and O–H groups in total. The van der Waals surface area contributed by atoms with E-state index in [0.29, 0.717) is 5.92 Å². The average molecular weight is 231 g/mol. The molecule has 0 saturated heterocycles. The number of allylic oxidation sites excluding steroid dienone is 10. The first-order valence-corrected chi connectivity index (χ1v) is 6.33. The van der Waals surface area contributed by atoms with Crippen LogP contribution in [0.3, 0.4) is 0 Å². The molecular formula is C17H13N. The second kappa shape index (κ2) is 3.67. The Hall–Kier alpha value is -2.15. The van der Waals surface area contributed by atoms with Gasteiger partial charge in [0.2, 0.25) is 0 Å². The normalized spacial score (nSPS) is 23.9. The zero-order valence-corrected chi connectivity index (χ0v) is 10.0. The van der Waals surface area contributed by atoms with Gasteiger partial charge in [-0.1, -0.05) is 42.5 Å². The van der Waals surface area contributed by atoms with Gasteiger partial charge < -0.3 is 0 Å². The zero-order chi connectivity index (χ0) is 11.9. The predicted molar refractivity (Wildman–Crippen MR) is 73.7 cm³/mol. The monoisotopic (exact) mass is 231 g/mol. The topological polar surface area (TPSA) is 12.9 Å². The third-order valence-electron chi connectivity index (χ3n) is 3.91. The van der Waals surface area contributed by atoms with Gasteiger partial charge in [-0.15, -0.1) is 0 Å². The molecule has 1 unspecified atom stereocenters. The SMILES string of the molecule is C1=CC2=CCC3=C(c4cccnc4)C=CC(=C1)C23. The van der Waals surface area contributed by atoms with Crippen LogP contribution in [0.4, 0.5) is 0 Å². The first-order chi connectivity index (χ1) is 8.93. The second-order valence-electron chi connectivity index (χ2n) is 4.88. The second-order valence-corrected chi connectivity index (χ2v) is 4.88. The Bertz CT molecular complexity index is 654. The summed E-state index contributed by atoms with van der Waals surface area (Å²) < 4.78 is 0. The lowest BCUT2D eigenvalue weighted by molar-refractivity contribution is 0.889. The van der Waals surface area contributed by atoms with Crippen LogP contribution in [-0.4, -0.2) is 4.98 Å². The predicted octanol–water partition coefficient (Wildman–Crippen LogP) is 3.85. The lowest BCUT2D eigenvalue weighted by Gasteiger charge is -2.25. The van der Waals surface area contributed by atoms with Crippen LogP contribution in [0, 0.1) is 5.92 Å². The number of pyridine rings is 1. The van der Waals surface area contributed by atoms with Crippen molar-refractivity contribution in [2.45, 2.75) is 6.42 Å². The van der Waals surface area contributed by atoms with E-state index in [0.717, 1.165) is 6.42 Å². The number of hydrogen-bond acceptors (Lipinski definition) is 1. The number of aromatic nitrogens is 1. The molecule has 1 atom stereocenters. The summed E-state index contributed by atoms with van der Waals surface area (Å²) in [5.41, 5.74) is 6.98. The molecule has 0 amide bonds. The van der Waals surface area contributed by atoms with E-state index in [-0.39, 0.29) is 0 Å². The molecule has 3 aliphatic carbocycles. The van der Waals surface area contributed by atoms with Crippen molar-refractivity contribution in [3.05, 3.63) is 83.3 Å². The van der Waals surface area contributed by atoms with Crippen LogP contribution >= 0.6 is 0 Å². The van der Waals surface area contributed by atoms with Gasteiger partial charge in [-0.05, 0) is 40.3 Å². The molecule has 1 aromatic heterocycles. The van der Waals surface area contributed by atoms with E-state index >= 15 is 0 Å². The molecule has 0 fully saturated rings. The van der Waals surface area contributed by atoms with E-state index in [9.17, 15) is 0 Å². The van der Waals surface area contributed by atoms with Crippen molar-refractivity contribution in [3.63, 3.8) is 0 Å². The molecule has 1 aromatic rings. The highest BCUT2D eigenvalue weighted by Crippen LogP contribution is 2.46. The molecular weight excluding hydrogens is 218 g/mol. The number of rotatable bonds is 1. The van der Waals surface area contributed by atoms with Gasteiger partial charge in [-0.3, -0.25) is 4.98 Å². The van der Waals surface area contributed by atoms with E-state index in [1.807, 2.05) is 18.5 Å². The molecule has 0 saturated carbocycles. The van der Waals surface area contributed by atoms with Crippen LogP contribution < -0.4 is 0 Å². The molecule has 0 spiro atoms. The van der Waals surface area contributed by atoms with Gasteiger partial charge in [0.15, 0.2) is 0 Å². The maximum Gasteiger partial charge on any atom is 0.0346 e. The average Bonchev–Trinajstić information content (AvgIpc) is 2.87. The van der Waals surface area contributed by atoms with E-state index in [1.165, 1.54) is 27.9 Å². The minimum absolute atomic E-state index is 0.496. The summed E-state index contributed by atoms with van der Waals surface area (Å²) in [6.07, 6.45) is 18.3. The highest BCUT2D eigenvalue weighted by molar-refractivity contribution is 5.82. The Kier molecular flexibility index (Phi) is 2.01. The Morgan fingerprint density at radius 1 is 1.11 bits per heavy atom. The molecule has 4 rings (SSSR count). The van der Waals surface area contributed by atoms with Crippen molar-refractivity contribution >= 4 is 5.57 Å². The summed E-state index contributed by atoms with van der Waals surface area (Å²) in [5.74, 6) is 0.496. The summed E-state index contributed by atoms with van der Waals surface area (Å²) in [7, 11) is 0. The first kappa shape index (κ1) is 9.84. The van der Waals surface area contributed by atoms with Gasteiger partial charge in [0.05, 0.1) is 0 Å². The summed E-state index contributed by atoms with van der Waals surface area (Å²) in [4.78, 5) is 4.23. The Balaban J connectivity index is 1.89. The van der Waals surface area contributed by atoms with Gasteiger partial charge in [0.25, 0.3) is 0 Å². The standard InChI is InChI=1S/C17H13N/c1-3-12-6-8-15(14-5-2-10-18-11-14)16-9-7-13(4-1)17(12)16/h1-8,10-11,17H,9H2. The van der Waals surface area contributed by atoms with E-state index in [2.05, 4.69) is 47.5 Å². The van der Waals surface area contributed by atoms with Crippen molar-refractivity contribution in [1.29, 1.82) is 0 Å². The van der Waals surface area contributed by atoms with Crippen LogP contribution in [0.2, 0.25) is 0 Å². The van der Waals surface area contributed by atoms with Gasteiger partial charge >= 0.3 is 0 Å². The van der Waals surface area contributed by atoms with Crippen molar-refractivity contribution in [2.75, 3.05) is 0 Å². The highest BCUT2D eigenvalue weighted by atomic mass is 14.6. The smallest absolute Gasteiger partial charge is 0.0346 e. The quantitative estimate of drug-likeness (QED) is 0.715. The van der Waals surface area contributed by atoms with Crippen molar-refractivity contribution in [1.82, 2.24) is 4.98 Å². The molecule has 0 aromatic carbocycles. The summed E-state index contributed by atoms with van der Waals surface area (Å²) in [6, 6.07) is 4.15. The minimum Gasteiger partial charge on any atom is -0.264 e. The maximum atomic E-state index is 4.23. The molecule has 18 heavy (non-hydrogen) atoms. The van der Waals surface area contributed by atoms with Crippen LogP contribution in [0.25, 0.3) is 5.57 Å². The minimum atomic E-state index is 0.496. The van der Waals surface area contributed by atoms with Gasteiger partial charge in [-0.2, -0.15) is 0 Å². The fourth-order valence-corrected chi connectivity index (χ4v) is 3.10. The van der Waals surface area contributed by atoms with Crippen molar-refractivity contribution in [2.24, 2.45) is 5.92 Å². The Morgan fingerprint density at radius 3 is 3.00 bits per heavy atom. The molecule has 1 nitrogen and oxygen atoms in total. The van der Waals surface area contributed by atoms with E-state index < -0.39 is 0 Å². The van der Waals surface area contributed by atoms with Crippen LogP contribution in [-0.2, 0) is 0 Å². The molecule has 0 radical (unpaired) electrons.